The van der Waals surface area contributed by atoms with Gasteiger partial charge in [-0.15, -0.1) is 0 Å². The van der Waals surface area contributed by atoms with Crippen LogP contribution in [0.4, 0.5) is 0 Å². The molecule has 0 fully saturated rings. The summed E-state index contributed by atoms with van der Waals surface area (Å²) in [5, 5.41) is 0. The molecule has 1 amide bonds. The summed E-state index contributed by atoms with van der Waals surface area (Å²) >= 11 is 3.30. The zero-order valence-corrected chi connectivity index (χ0v) is 14.0. The average molecular weight is 368 g/mol. The third kappa shape index (κ3) is 3.71. The SMILES string of the molecule is Cc1cccc(S(=O)(=O)NC(=O)c2ccc(Br)cc2C)c1. The van der Waals surface area contributed by atoms with Gasteiger partial charge in [-0.3, -0.25) is 4.79 Å². The van der Waals surface area contributed by atoms with Gasteiger partial charge in [-0.2, -0.15) is 0 Å². The molecule has 0 radical (unpaired) electrons. The molecule has 2 aromatic carbocycles. The number of halogens is 1. The molecule has 6 heteroatoms. The third-order valence-electron chi connectivity index (χ3n) is 2.96. The van der Waals surface area contributed by atoms with E-state index in [1.807, 2.05) is 0 Å². The number of carbonyl (C=O) groups is 1. The first kappa shape index (κ1) is 15.7. The van der Waals surface area contributed by atoms with Crippen molar-refractivity contribution in [2.45, 2.75) is 18.7 Å². The maximum Gasteiger partial charge on any atom is 0.265 e. The lowest BCUT2D eigenvalue weighted by Gasteiger charge is -2.09. The van der Waals surface area contributed by atoms with E-state index in [9.17, 15) is 13.2 Å². The summed E-state index contributed by atoms with van der Waals surface area (Å²) in [6, 6.07) is 11.4. The number of amides is 1. The molecule has 0 aliphatic carbocycles. The van der Waals surface area contributed by atoms with Crippen LogP contribution in [0, 0.1) is 13.8 Å². The van der Waals surface area contributed by atoms with Gasteiger partial charge >= 0.3 is 0 Å². The number of aryl methyl sites for hydroxylation is 2. The van der Waals surface area contributed by atoms with Crippen molar-refractivity contribution in [3.05, 3.63) is 63.6 Å². The van der Waals surface area contributed by atoms with Gasteiger partial charge in [0.15, 0.2) is 0 Å². The molecule has 0 saturated heterocycles. The Morgan fingerprint density at radius 1 is 1.10 bits per heavy atom. The molecule has 1 N–H and O–H groups in total. The average Bonchev–Trinajstić information content (AvgIpc) is 2.37. The zero-order chi connectivity index (χ0) is 15.6. The maximum absolute atomic E-state index is 12.2. The summed E-state index contributed by atoms with van der Waals surface area (Å²) in [5.41, 5.74) is 1.83. The Balaban J connectivity index is 2.30. The maximum atomic E-state index is 12.2. The fourth-order valence-electron chi connectivity index (χ4n) is 1.90. The number of rotatable bonds is 3. The Kier molecular flexibility index (Phi) is 4.49. The highest BCUT2D eigenvalue weighted by Crippen LogP contribution is 2.17. The Bertz CT molecular complexity index is 800. The molecule has 0 bridgehead atoms. The van der Waals surface area contributed by atoms with Gasteiger partial charge in [-0.25, -0.2) is 13.1 Å². The molecule has 0 aromatic heterocycles. The second-order valence-electron chi connectivity index (χ2n) is 4.71. The summed E-state index contributed by atoms with van der Waals surface area (Å²) in [5.74, 6) is -0.637. The van der Waals surface area contributed by atoms with Crippen molar-refractivity contribution in [2.24, 2.45) is 0 Å². The molecule has 0 spiro atoms. The first-order valence-electron chi connectivity index (χ1n) is 6.19. The van der Waals surface area contributed by atoms with E-state index in [1.165, 1.54) is 12.1 Å². The smallest absolute Gasteiger partial charge is 0.265 e. The largest absolute Gasteiger partial charge is 0.268 e. The second-order valence-corrected chi connectivity index (χ2v) is 7.31. The van der Waals surface area contributed by atoms with E-state index in [4.69, 9.17) is 0 Å². The highest BCUT2D eigenvalue weighted by atomic mass is 79.9. The molecule has 0 atom stereocenters. The van der Waals surface area contributed by atoms with Crippen molar-refractivity contribution in [3.63, 3.8) is 0 Å². The van der Waals surface area contributed by atoms with Crippen LogP contribution in [-0.4, -0.2) is 14.3 Å². The predicted molar refractivity (Wildman–Crippen MR) is 84.7 cm³/mol. The van der Waals surface area contributed by atoms with Crippen molar-refractivity contribution in [1.29, 1.82) is 0 Å². The molecule has 21 heavy (non-hydrogen) atoms. The number of hydrogen-bond acceptors (Lipinski definition) is 3. The van der Waals surface area contributed by atoms with Gasteiger partial charge in [0.2, 0.25) is 0 Å². The fourth-order valence-corrected chi connectivity index (χ4v) is 3.45. The van der Waals surface area contributed by atoms with E-state index in [2.05, 4.69) is 20.7 Å². The standard InChI is InChI=1S/C15H14BrNO3S/c1-10-4-3-5-13(8-10)21(19,20)17-15(18)14-7-6-12(16)9-11(14)2/h3-9H,1-2H3,(H,17,18). The Morgan fingerprint density at radius 3 is 2.43 bits per heavy atom. The number of carbonyl (C=O) groups excluding carboxylic acids is 1. The highest BCUT2D eigenvalue weighted by molar-refractivity contribution is 9.10. The zero-order valence-electron chi connectivity index (χ0n) is 11.6. The van der Waals surface area contributed by atoms with Crippen LogP contribution >= 0.6 is 15.9 Å². The third-order valence-corrected chi connectivity index (χ3v) is 4.78. The molecule has 2 aromatic rings. The molecule has 110 valence electrons. The predicted octanol–water partition coefficient (Wildman–Crippen LogP) is 3.18. The van der Waals surface area contributed by atoms with Crippen LogP contribution in [0.25, 0.3) is 0 Å². The lowest BCUT2D eigenvalue weighted by atomic mass is 10.1. The van der Waals surface area contributed by atoms with Gasteiger partial charge in [0.1, 0.15) is 0 Å². The van der Waals surface area contributed by atoms with E-state index in [0.717, 1.165) is 10.0 Å². The van der Waals surface area contributed by atoms with Crippen LogP contribution in [0.5, 0.6) is 0 Å². The second kappa shape index (κ2) is 5.99. The van der Waals surface area contributed by atoms with E-state index in [-0.39, 0.29) is 4.90 Å². The first-order valence-corrected chi connectivity index (χ1v) is 8.47. The minimum absolute atomic E-state index is 0.0746. The first-order chi connectivity index (χ1) is 9.79. The lowest BCUT2D eigenvalue weighted by molar-refractivity contribution is 0.0981. The van der Waals surface area contributed by atoms with E-state index in [0.29, 0.717) is 11.1 Å². The molecule has 0 unspecified atom stereocenters. The Morgan fingerprint density at radius 2 is 1.81 bits per heavy atom. The van der Waals surface area contributed by atoms with Gasteiger partial charge in [-0.05, 0) is 55.3 Å². The highest BCUT2D eigenvalue weighted by Gasteiger charge is 2.19. The summed E-state index contributed by atoms with van der Waals surface area (Å²) in [6.07, 6.45) is 0. The molecular weight excluding hydrogens is 354 g/mol. The fraction of sp³-hybridized carbons (Fsp3) is 0.133. The van der Waals surface area contributed by atoms with Crippen molar-refractivity contribution in [3.8, 4) is 0 Å². The van der Waals surface area contributed by atoms with Crippen LogP contribution in [0.1, 0.15) is 21.5 Å². The minimum Gasteiger partial charge on any atom is -0.268 e. The molecule has 2 rings (SSSR count). The molecule has 0 heterocycles. The van der Waals surface area contributed by atoms with Crippen molar-refractivity contribution in [2.75, 3.05) is 0 Å². The van der Waals surface area contributed by atoms with Crippen molar-refractivity contribution < 1.29 is 13.2 Å². The van der Waals surface area contributed by atoms with Gasteiger partial charge in [0, 0.05) is 10.0 Å². The van der Waals surface area contributed by atoms with E-state index < -0.39 is 15.9 Å². The summed E-state index contributed by atoms with van der Waals surface area (Å²) in [7, 11) is -3.87. The molecule has 0 saturated carbocycles. The summed E-state index contributed by atoms with van der Waals surface area (Å²) in [6.45, 7) is 3.54. The molecule has 4 nitrogen and oxygen atoms in total. The van der Waals surface area contributed by atoms with Crippen LogP contribution in [0.3, 0.4) is 0 Å². The Labute approximate surface area is 132 Å². The summed E-state index contributed by atoms with van der Waals surface area (Å²) in [4.78, 5) is 12.2. The number of sulfonamides is 1. The number of benzene rings is 2. The van der Waals surface area contributed by atoms with Gasteiger partial charge < -0.3 is 0 Å². The molecule has 0 aliphatic heterocycles. The van der Waals surface area contributed by atoms with E-state index in [1.54, 1.807) is 44.2 Å². The molecule has 0 aliphatic rings. The topological polar surface area (TPSA) is 63.2 Å². The Hall–Kier alpha value is -1.66. The van der Waals surface area contributed by atoms with Crippen molar-refractivity contribution in [1.82, 2.24) is 4.72 Å². The van der Waals surface area contributed by atoms with Gasteiger partial charge in [-0.1, -0.05) is 28.1 Å². The minimum atomic E-state index is -3.87. The van der Waals surface area contributed by atoms with Crippen molar-refractivity contribution >= 4 is 31.9 Å². The van der Waals surface area contributed by atoms with Crippen LogP contribution in [0.2, 0.25) is 0 Å². The van der Waals surface area contributed by atoms with Crippen LogP contribution in [-0.2, 0) is 10.0 Å². The van der Waals surface area contributed by atoms with Gasteiger partial charge in [0.05, 0.1) is 4.90 Å². The van der Waals surface area contributed by atoms with Crippen LogP contribution < -0.4 is 4.72 Å². The number of nitrogens with one attached hydrogen (secondary N) is 1. The monoisotopic (exact) mass is 367 g/mol. The normalized spacial score (nSPS) is 11.2. The number of hydrogen-bond donors (Lipinski definition) is 1. The van der Waals surface area contributed by atoms with Gasteiger partial charge in [0.25, 0.3) is 15.9 Å². The quantitative estimate of drug-likeness (QED) is 0.905. The van der Waals surface area contributed by atoms with E-state index >= 15 is 0 Å². The lowest BCUT2D eigenvalue weighted by Crippen LogP contribution is -2.31. The van der Waals surface area contributed by atoms with Crippen LogP contribution in [0.15, 0.2) is 51.8 Å². The summed E-state index contributed by atoms with van der Waals surface area (Å²) < 4.78 is 27.3. The molecular formula is C15H14BrNO3S.